The van der Waals surface area contributed by atoms with Crippen molar-refractivity contribution in [3.8, 4) is 11.5 Å². The van der Waals surface area contributed by atoms with E-state index in [-0.39, 0.29) is 5.75 Å². The minimum Gasteiger partial charge on any atom is -0.454 e. The van der Waals surface area contributed by atoms with Crippen molar-refractivity contribution in [2.24, 2.45) is 5.73 Å². The van der Waals surface area contributed by atoms with E-state index in [1.807, 2.05) is 25.1 Å². The molecule has 4 heteroatoms. The van der Waals surface area contributed by atoms with Gasteiger partial charge in [0.25, 0.3) is 0 Å². The Morgan fingerprint density at radius 2 is 1.94 bits per heavy atom. The van der Waals surface area contributed by atoms with Gasteiger partial charge in [0.2, 0.25) is 0 Å². The summed E-state index contributed by atoms with van der Waals surface area (Å²) in [6.07, 6.45) is 0. The largest absolute Gasteiger partial charge is 0.454 e. The first kappa shape index (κ1) is 13.1. The number of aryl methyl sites for hydroxylation is 1. The quantitative estimate of drug-likeness (QED) is 0.924. The fourth-order valence-electron chi connectivity index (χ4n) is 1.60. The maximum Gasteiger partial charge on any atom is 0.165 e. The van der Waals surface area contributed by atoms with Gasteiger partial charge in [-0.25, -0.2) is 4.39 Å². The van der Waals surface area contributed by atoms with Crippen molar-refractivity contribution in [2.75, 3.05) is 0 Å². The number of hydrogen-bond donors (Lipinski definition) is 1. The Labute approximate surface area is 114 Å². The van der Waals surface area contributed by atoms with E-state index in [0.29, 0.717) is 12.3 Å². The van der Waals surface area contributed by atoms with Gasteiger partial charge in [0, 0.05) is 16.6 Å². The fourth-order valence-corrected chi connectivity index (χ4v) is 1.94. The Morgan fingerprint density at radius 3 is 2.67 bits per heavy atom. The number of nitrogens with two attached hydrogens (primary N) is 1. The molecule has 0 radical (unpaired) electrons. The highest BCUT2D eigenvalue weighted by atomic mass is 79.9. The first-order chi connectivity index (χ1) is 8.60. The lowest BCUT2D eigenvalue weighted by Gasteiger charge is -2.11. The molecular weight excluding hydrogens is 297 g/mol. The summed E-state index contributed by atoms with van der Waals surface area (Å²) in [6.45, 7) is 2.30. The Balaban J connectivity index is 2.38. The van der Waals surface area contributed by atoms with Crippen LogP contribution in [0, 0.1) is 12.7 Å². The van der Waals surface area contributed by atoms with Gasteiger partial charge in [-0.2, -0.15) is 0 Å². The van der Waals surface area contributed by atoms with Crippen molar-refractivity contribution < 1.29 is 9.13 Å². The molecule has 0 aliphatic rings. The Kier molecular flexibility index (Phi) is 3.99. The minimum absolute atomic E-state index is 0.185. The zero-order chi connectivity index (χ0) is 13.1. The molecule has 0 atom stereocenters. The van der Waals surface area contributed by atoms with Crippen LogP contribution in [0.25, 0.3) is 0 Å². The highest BCUT2D eigenvalue weighted by molar-refractivity contribution is 9.10. The molecule has 2 N–H and O–H groups in total. The smallest absolute Gasteiger partial charge is 0.165 e. The lowest BCUT2D eigenvalue weighted by Crippen LogP contribution is -2.00. The summed E-state index contributed by atoms with van der Waals surface area (Å²) >= 11 is 3.29. The van der Waals surface area contributed by atoms with Crippen LogP contribution in [0.4, 0.5) is 4.39 Å². The van der Waals surface area contributed by atoms with Gasteiger partial charge in [-0.05, 0) is 36.8 Å². The molecule has 94 valence electrons. The SMILES string of the molecule is Cc1ccc(CN)c(Oc2cc(Br)ccc2F)c1. The number of rotatable bonds is 3. The summed E-state index contributed by atoms with van der Waals surface area (Å²) in [4.78, 5) is 0. The standard InChI is InChI=1S/C14H13BrFNO/c1-9-2-3-10(8-17)13(6-9)18-14-7-11(15)4-5-12(14)16/h2-7H,8,17H2,1H3. The van der Waals surface area contributed by atoms with Gasteiger partial charge >= 0.3 is 0 Å². The lowest BCUT2D eigenvalue weighted by molar-refractivity contribution is 0.437. The molecule has 0 spiro atoms. The van der Waals surface area contributed by atoms with Gasteiger partial charge in [0.1, 0.15) is 5.75 Å². The van der Waals surface area contributed by atoms with Crippen LogP contribution in [-0.4, -0.2) is 0 Å². The maximum atomic E-state index is 13.6. The van der Waals surface area contributed by atoms with E-state index in [4.69, 9.17) is 10.5 Å². The molecule has 18 heavy (non-hydrogen) atoms. The van der Waals surface area contributed by atoms with Gasteiger partial charge in [0.15, 0.2) is 11.6 Å². The number of halogens is 2. The van der Waals surface area contributed by atoms with Gasteiger partial charge < -0.3 is 10.5 Å². The summed E-state index contributed by atoms with van der Waals surface area (Å²) in [5.41, 5.74) is 7.53. The first-order valence-electron chi connectivity index (χ1n) is 5.52. The number of ether oxygens (including phenoxy) is 1. The molecule has 0 unspecified atom stereocenters. The van der Waals surface area contributed by atoms with Crippen LogP contribution in [0.15, 0.2) is 40.9 Å². The molecular formula is C14H13BrFNO. The van der Waals surface area contributed by atoms with Crippen LogP contribution < -0.4 is 10.5 Å². The third-order valence-electron chi connectivity index (χ3n) is 2.56. The zero-order valence-electron chi connectivity index (χ0n) is 9.91. The summed E-state index contributed by atoms with van der Waals surface area (Å²) in [5, 5.41) is 0. The van der Waals surface area contributed by atoms with Crippen LogP contribution in [-0.2, 0) is 6.54 Å². The monoisotopic (exact) mass is 309 g/mol. The zero-order valence-corrected chi connectivity index (χ0v) is 11.5. The molecule has 0 amide bonds. The van der Waals surface area contributed by atoms with Crippen LogP contribution in [0.1, 0.15) is 11.1 Å². The van der Waals surface area contributed by atoms with Gasteiger partial charge in [-0.1, -0.05) is 28.1 Å². The van der Waals surface area contributed by atoms with E-state index in [1.54, 1.807) is 12.1 Å². The molecule has 0 saturated heterocycles. The second-order valence-corrected chi connectivity index (χ2v) is 4.91. The van der Waals surface area contributed by atoms with E-state index in [9.17, 15) is 4.39 Å². The molecule has 0 saturated carbocycles. The molecule has 0 bridgehead atoms. The van der Waals surface area contributed by atoms with Crippen molar-refractivity contribution in [3.05, 3.63) is 57.8 Å². The van der Waals surface area contributed by atoms with Crippen molar-refractivity contribution in [1.29, 1.82) is 0 Å². The van der Waals surface area contributed by atoms with Gasteiger partial charge in [-0.3, -0.25) is 0 Å². The van der Waals surface area contributed by atoms with Crippen LogP contribution in [0.5, 0.6) is 11.5 Å². The normalized spacial score (nSPS) is 10.4. The van der Waals surface area contributed by atoms with E-state index in [2.05, 4.69) is 15.9 Å². The Bertz CT molecular complexity index is 572. The number of benzene rings is 2. The van der Waals surface area contributed by atoms with Crippen LogP contribution in [0.3, 0.4) is 0 Å². The summed E-state index contributed by atoms with van der Waals surface area (Å²) in [7, 11) is 0. The molecule has 2 nitrogen and oxygen atoms in total. The molecule has 0 aliphatic carbocycles. The van der Waals surface area contributed by atoms with Crippen molar-refractivity contribution >= 4 is 15.9 Å². The summed E-state index contributed by atoms with van der Waals surface area (Å²) < 4.78 is 20.0. The number of hydrogen-bond acceptors (Lipinski definition) is 2. The van der Waals surface area contributed by atoms with Gasteiger partial charge in [0.05, 0.1) is 0 Å². The van der Waals surface area contributed by atoms with Crippen LogP contribution in [0.2, 0.25) is 0 Å². The summed E-state index contributed by atoms with van der Waals surface area (Å²) in [5.74, 6) is 0.377. The third kappa shape index (κ3) is 2.89. The Hall–Kier alpha value is -1.39. The van der Waals surface area contributed by atoms with Crippen LogP contribution >= 0.6 is 15.9 Å². The first-order valence-corrected chi connectivity index (χ1v) is 6.32. The molecule has 2 aromatic rings. The molecule has 2 aromatic carbocycles. The van der Waals surface area contributed by atoms with E-state index in [0.717, 1.165) is 15.6 Å². The second-order valence-electron chi connectivity index (χ2n) is 3.99. The Morgan fingerprint density at radius 1 is 1.17 bits per heavy atom. The van der Waals surface area contributed by atoms with Crippen molar-refractivity contribution in [1.82, 2.24) is 0 Å². The second kappa shape index (κ2) is 5.50. The van der Waals surface area contributed by atoms with Crippen molar-refractivity contribution in [3.63, 3.8) is 0 Å². The average molecular weight is 310 g/mol. The third-order valence-corrected chi connectivity index (χ3v) is 3.05. The van der Waals surface area contributed by atoms with Gasteiger partial charge in [-0.15, -0.1) is 0 Å². The minimum atomic E-state index is -0.400. The highest BCUT2D eigenvalue weighted by Crippen LogP contribution is 2.30. The molecule has 0 heterocycles. The average Bonchev–Trinajstić information content (AvgIpc) is 2.34. The van der Waals surface area contributed by atoms with E-state index >= 15 is 0 Å². The fraction of sp³-hybridized carbons (Fsp3) is 0.143. The van der Waals surface area contributed by atoms with E-state index in [1.165, 1.54) is 6.07 Å². The molecule has 0 fully saturated rings. The highest BCUT2D eigenvalue weighted by Gasteiger charge is 2.08. The molecule has 0 aliphatic heterocycles. The molecule has 2 rings (SSSR count). The topological polar surface area (TPSA) is 35.2 Å². The molecule has 0 aromatic heterocycles. The summed E-state index contributed by atoms with van der Waals surface area (Å²) in [6, 6.07) is 10.3. The predicted molar refractivity (Wildman–Crippen MR) is 73.2 cm³/mol. The van der Waals surface area contributed by atoms with Crippen molar-refractivity contribution in [2.45, 2.75) is 13.5 Å². The predicted octanol–water partition coefficient (Wildman–Crippen LogP) is 4.15. The lowest BCUT2D eigenvalue weighted by atomic mass is 10.1. The van der Waals surface area contributed by atoms with E-state index < -0.39 is 5.82 Å². The maximum absolute atomic E-state index is 13.6.